The molecule has 0 spiro atoms. The van der Waals surface area contributed by atoms with E-state index in [9.17, 15) is 9.90 Å². The summed E-state index contributed by atoms with van der Waals surface area (Å²) in [6.45, 7) is 0. The second kappa shape index (κ2) is 11.5. The van der Waals surface area contributed by atoms with E-state index in [4.69, 9.17) is 11.7 Å². The number of carbonyl (C=O) groups is 1. The average molecular weight is 381 g/mol. The molecule has 1 unspecified atom stereocenters. The molecule has 7 heteroatoms. The Morgan fingerprint density at radius 3 is 2.64 bits per heavy atom. The van der Waals surface area contributed by atoms with Crippen LogP contribution >= 0.6 is 0 Å². The summed E-state index contributed by atoms with van der Waals surface area (Å²) in [5, 5.41) is 12.8. The van der Waals surface area contributed by atoms with E-state index in [2.05, 4.69) is 15.5 Å². The maximum absolute atomic E-state index is 11.3. The van der Waals surface area contributed by atoms with Gasteiger partial charge >= 0.3 is 5.97 Å². The van der Waals surface area contributed by atoms with Crippen LogP contribution in [0.25, 0.3) is 0 Å². The number of nitrogens with one attached hydrogen (secondary N) is 1. The summed E-state index contributed by atoms with van der Waals surface area (Å²) in [7, 11) is 0. The van der Waals surface area contributed by atoms with E-state index in [1.165, 1.54) is 11.9 Å². The number of hydrogen-bond acceptors (Lipinski definition) is 5. The minimum Gasteiger partial charge on any atom is -0.481 e. The number of carboxylic acids is 1. The molecule has 148 valence electrons. The molecule has 7 nitrogen and oxygen atoms in total. The van der Waals surface area contributed by atoms with Crippen molar-refractivity contribution in [2.24, 2.45) is 21.8 Å². The van der Waals surface area contributed by atoms with E-state index < -0.39 is 5.97 Å². The van der Waals surface area contributed by atoms with Crippen molar-refractivity contribution in [1.82, 2.24) is 5.43 Å². The zero-order chi connectivity index (χ0) is 20.2. The van der Waals surface area contributed by atoms with Crippen molar-refractivity contribution in [3.63, 3.8) is 0 Å². The molecule has 0 amide bonds. The molecule has 0 bridgehead atoms. The molecule has 0 saturated carbocycles. The summed E-state index contributed by atoms with van der Waals surface area (Å²) in [6.07, 6.45) is 6.83. The number of benzene rings is 2. The number of hydrazine groups is 1. The van der Waals surface area contributed by atoms with Gasteiger partial charge in [0.15, 0.2) is 0 Å². The van der Waals surface area contributed by atoms with E-state index in [-0.39, 0.29) is 12.3 Å². The fourth-order valence-corrected chi connectivity index (χ4v) is 3.16. The molecule has 1 atom stereocenters. The largest absolute Gasteiger partial charge is 0.481 e. The summed E-state index contributed by atoms with van der Waals surface area (Å²) >= 11 is 0. The lowest BCUT2D eigenvalue weighted by Crippen LogP contribution is -2.18. The lowest BCUT2D eigenvalue weighted by Gasteiger charge is -2.16. The number of rotatable bonds is 11. The summed E-state index contributed by atoms with van der Waals surface area (Å²) in [5.41, 5.74) is 6.33. The molecular formula is C21H27N5O2. The molecule has 28 heavy (non-hydrogen) atoms. The lowest BCUT2D eigenvalue weighted by molar-refractivity contribution is -0.137. The summed E-state index contributed by atoms with van der Waals surface area (Å²) in [5.74, 6) is 9.56. The van der Waals surface area contributed by atoms with Gasteiger partial charge in [0.1, 0.15) is 6.34 Å². The maximum Gasteiger partial charge on any atom is 0.303 e. The van der Waals surface area contributed by atoms with Crippen LogP contribution in [-0.4, -0.2) is 23.6 Å². The van der Waals surface area contributed by atoms with Gasteiger partial charge in [-0.05, 0) is 60.1 Å². The van der Waals surface area contributed by atoms with Crippen LogP contribution in [0.15, 0.2) is 58.6 Å². The van der Waals surface area contributed by atoms with Crippen LogP contribution in [0.3, 0.4) is 0 Å². The highest BCUT2D eigenvalue weighted by molar-refractivity contribution is 5.79. The fraction of sp³-hybridized carbons (Fsp3) is 0.286. The number of unbranched alkanes of at least 4 members (excludes halogenated alkanes) is 1. The van der Waals surface area contributed by atoms with Gasteiger partial charge in [0.25, 0.3) is 0 Å². The van der Waals surface area contributed by atoms with Crippen molar-refractivity contribution in [2.75, 3.05) is 0 Å². The van der Waals surface area contributed by atoms with Gasteiger partial charge in [-0.2, -0.15) is 5.10 Å². The normalized spacial score (nSPS) is 12.5. The first-order valence-electron chi connectivity index (χ1n) is 9.25. The SMILES string of the molecule is NN=Cc1cccc(C(CCCCc2ccc(N=CNN)cc2)CC(=O)O)c1. The summed E-state index contributed by atoms with van der Waals surface area (Å²) in [6, 6.07) is 15.7. The molecule has 0 radical (unpaired) electrons. The van der Waals surface area contributed by atoms with Gasteiger partial charge in [-0.15, -0.1) is 0 Å². The van der Waals surface area contributed by atoms with Crippen LogP contribution in [0.5, 0.6) is 0 Å². The molecule has 2 aromatic carbocycles. The van der Waals surface area contributed by atoms with Gasteiger partial charge < -0.3 is 16.4 Å². The van der Waals surface area contributed by atoms with Gasteiger partial charge in [0.05, 0.1) is 18.3 Å². The molecule has 2 rings (SSSR count). The highest BCUT2D eigenvalue weighted by Gasteiger charge is 2.15. The first kappa shape index (κ1) is 21.1. The smallest absolute Gasteiger partial charge is 0.303 e. The van der Waals surface area contributed by atoms with Gasteiger partial charge in [0, 0.05) is 0 Å². The standard InChI is InChI=1S/C21H27N5O2/c22-25-14-17-5-3-7-18(12-17)19(13-21(27)28)6-2-1-4-16-8-10-20(11-9-16)24-15-26-23/h3,5,7-12,14-15,19H,1-2,4,6,13,22-23H2,(H,24,26)(H,27,28). The topological polar surface area (TPSA) is 126 Å². The molecule has 0 aliphatic heterocycles. The Hall–Kier alpha value is -3.19. The molecule has 0 saturated heterocycles. The monoisotopic (exact) mass is 381 g/mol. The Morgan fingerprint density at radius 1 is 1.18 bits per heavy atom. The summed E-state index contributed by atoms with van der Waals surface area (Å²) in [4.78, 5) is 15.4. The van der Waals surface area contributed by atoms with Crippen molar-refractivity contribution < 1.29 is 9.90 Å². The highest BCUT2D eigenvalue weighted by atomic mass is 16.4. The number of hydrazone groups is 1. The zero-order valence-corrected chi connectivity index (χ0v) is 15.8. The van der Waals surface area contributed by atoms with Crippen LogP contribution in [0.2, 0.25) is 0 Å². The number of nitrogens with zero attached hydrogens (tertiary/aromatic N) is 2. The summed E-state index contributed by atoms with van der Waals surface area (Å²) < 4.78 is 0. The number of nitrogens with two attached hydrogens (primary N) is 2. The van der Waals surface area contributed by atoms with Gasteiger partial charge in [0.2, 0.25) is 0 Å². The van der Waals surface area contributed by atoms with E-state index in [1.807, 2.05) is 48.5 Å². The Morgan fingerprint density at radius 2 is 1.96 bits per heavy atom. The van der Waals surface area contributed by atoms with Crippen LogP contribution in [0.1, 0.15) is 48.3 Å². The first-order chi connectivity index (χ1) is 13.6. The average Bonchev–Trinajstić information content (AvgIpc) is 2.70. The Bertz CT molecular complexity index is 803. The third-order valence-electron chi connectivity index (χ3n) is 4.52. The molecule has 6 N–H and O–H groups in total. The third kappa shape index (κ3) is 7.20. The highest BCUT2D eigenvalue weighted by Crippen LogP contribution is 2.27. The number of carboxylic acid groups (broad SMARTS) is 1. The fourth-order valence-electron chi connectivity index (χ4n) is 3.16. The molecule has 2 aromatic rings. The Labute approximate surface area is 165 Å². The Kier molecular flexibility index (Phi) is 8.68. The minimum atomic E-state index is -0.786. The zero-order valence-electron chi connectivity index (χ0n) is 15.8. The molecule has 0 heterocycles. The van der Waals surface area contributed by atoms with Crippen LogP contribution in [0, 0.1) is 0 Å². The second-order valence-electron chi connectivity index (χ2n) is 6.58. The minimum absolute atomic E-state index is 0.0240. The number of aliphatic carboxylic acids is 1. The number of aliphatic imine (C=N–C) groups is 1. The van der Waals surface area contributed by atoms with E-state index in [0.29, 0.717) is 0 Å². The van der Waals surface area contributed by atoms with Gasteiger partial charge in [-0.3, -0.25) is 4.79 Å². The number of hydrogen-bond donors (Lipinski definition) is 4. The molecule has 0 aliphatic rings. The second-order valence-corrected chi connectivity index (χ2v) is 6.58. The van der Waals surface area contributed by atoms with Gasteiger partial charge in [-0.1, -0.05) is 36.8 Å². The third-order valence-corrected chi connectivity index (χ3v) is 4.52. The lowest BCUT2D eigenvalue weighted by atomic mass is 9.89. The van der Waals surface area contributed by atoms with Gasteiger partial charge in [-0.25, -0.2) is 10.8 Å². The van der Waals surface area contributed by atoms with Crippen LogP contribution in [-0.2, 0) is 11.2 Å². The van der Waals surface area contributed by atoms with Crippen molar-refractivity contribution in [2.45, 2.75) is 38.0 Å². The quantitative estimate of drug-likeness (QED) is 0.156. The predicted molar refractivity (Wildman–Crippen MR) is 113 cm³/mol. The Balaban J connectivity index is 1.90. The molecular weight excluding hydrogens is 354 g/mol. The van der Waals surface area contributed by atoms with Crippen molar-refractivity contribution in [3.05, 3.63) is 65.2 Å². The van der Waals surface area contributed by atoms with E-state index in [1.54, 1.807) is 6.21 Å². The van der Waals surface area contributed by atoms with Crippen molar-refractivity contribution in [3.8, 4) is 0 Å². The van der Waals surface area contributed by atoms with Crippen molar-refractivity contribution in [1.29, 1.82) is 0 Å². The maximum atomic E-state index is 11.3. The molecule has 0 aliphatic carbocycles. The molecule has 0 fully saturated rings. The van der Waals surface area contributed by atoms with E-state index in [0.717, 1.165) is 42.5 Å². The van der Waals surface area contributed by atoms with Crippen LogP contribution < -0.4 is 17.1 Å². The van der Waals surface area contributed by atoms with Crippen molar-refractivity contribution >= 4 is 24.2 Å². The molecule has 0 aromatic heterocycles. The predicted octanol–water partition coefficient (Wildman–Crippen LogP) is 3.07. The first-order valence-corrected chi connectivity index (χ1v) is 9.25. The van der Waals surface area contributed by atoms with Crippen LogP contribution in [0.4, 0.5) is 5.69 Å². The van der Waals surface area contributed by atoms with E-state index >= 15 is 0 Å². The number of aryl methyl sites for hydroxylation is 1.